The van der Waals surface area contributed by atoms with Crippen molar-refractivity contribution in [3.8, 4) is 0 Å². The fourth-order valence-electron chi connectivity index (χ4n) is 1.09. The van der Waals surface area contributed by atoms with Gasteiger partial charge >= 0.3 is 0 Å². The van der Waals surface area contributed by atoms with Gasteiger partial charge in [-0.3, -0.25) is 5.41 Å². The van der Waals surface area contributed by atoms with Crippen molar-refractivity contribution in [3.63, 3.8) is 0 Å². The highest BCUT2D eigenvalue weighted by Crippen LogP contribution is 1.91. The molecule has 0 fully saturated rings. The van der Waals surface area contributed by atoms with Gasteiger partial charge in [-0.15, -0.1) is 0 Å². The zero-order valence-corrected chi connectivity index (χ0v) is 10.1. The van der Waals surface area contributed by atoms with Gasteiger partial charge in [0, 0.05) is 20.1 Å². The van der Waals surface area contributed by atoms with Crippen molar-refractivity contribution in [3.05, 3.63) is 11.6 Å². The van der Waals surface area contributed by atoms with Gasteiger partial charge in [-0.1, -0.05) is 11.6 Å². The lowest BCUT2D eigenvalue weighted by Gasteiger charge is -2.20. The van der Waals surface area contributed by atoms with E-state index < -0.39 is 0 Å². The SMILES string of the molecule is CC(C)=CCNC(=N)N(C)CCCCN. The highest BCUT2D eigenvalue weighted by Gasteiger charge is 2.01. The Kier molecular flexibility index (Phi) is 7.72. The molecule has 0 unspecified atom stereocenters. The minimum Gasteiger partial charge on any atom is -0.353 e. The number of guanidine groups is 1. The van der Waals surface area contributed by atoms with Gasteiger partial charge in [0.15, 0.2) is 5.96 Å². The molecule has 0 radical (unpaired) electrons. The molecule has 15 heavy (non-hydrogen) atoms. The number of allylic oxidation sites excluding steroid dienone is 1. The molecule has 4 heteroatoms. The van der Waals surface area contributed by atoms with E-state index in [2.05, 4.69) is 25.2 Å². The third kappa shape index (κ3) is 8.00. The van der Waals surface area contributed by atoms with Gasteiger partial charge in [0.25, 0.3) is 0 Å². The van der Waals surface area contributed by atoms with Crippen LogP contribution in [0.3, 0.4) is 0 Å². The van der Waals surface area contributed by atoms with Crippen molar-refractivity contribution in [2.24, 2.45) is 5.73 Å². The molecular weight excluding hydrogens is 188 g/mol. The molecule has 4 nitrogen and oxygen atoms in total. The second-order valence-electron chi connectivity index (χ2n) is 3.93. The van der Waals surface area contributed by atoms with Crippen molar-refractivity contribution in [2.45, 2.75) is 26.7 Å². The molecule has 0 aliphatic rings. The predicted molar refractivity (Wildman–Crippen MR) is 66.1 cm³/mol. The second kappa shape index (κ2) is 8.29. The topological polar surface area (TPSA) is 65.1 Å². The molecule has 0 spiro atoms. The summed E-state index contributed by atoms with van der Waals surface area (Å²) in [5.41, 5.74) is 6.67. The summed E-state index contributed by atoms with van der Waals surface area (Å²) in [5.74, 6) is 0.476. The summed E-state index contributed by atoms with van der Waals surface area (Å²) in [6.07, 6.45) is 4.13. The molecule has 88 valence electrons. The molecule has 0 aromatic rings. The maximum atomic E-state index is 7.73. The summed E-state index contributed by atoms with van der Waals surface area (Å²) in [5, 5.41) is 10.8. The van der Waals surface area contributed by atoms with Crippen LogP contribution in [0.1, 0.15) is 26.7 Å². The number of nitrogens with one attached hydrogen (secondary N) is 2. The standard InChI is InChI=1S/C11H24N4/c1-10(2)6-8-14-11(13)15(3)9-5-4-7-12/h6H,4-5,7-9,12H2,1-3H3,(H2,13,14). The molecular formula is C11H24N4. The van der Waals surface area contributed by atoms with Crippen molar-refractivity contribution in [2.75, 3.05) is 26.7 Å². The number of nitrogens with zero attached hydrogens (tertiary/aromatic N) is 1. The number of unbranched alkanes of at least 4 members (excludes halogenated alkanes) is 1. The lowest BCUT2D eigenvalue weighted by atomic mass is 10.3. The first-order valence-corrected chi connectivity index (χ1v) is 5.45. The molecule has 0 atom stereocenters. The van der Waals surface area contributed by atoms with Crippen LogP contribution >= 0.6 is 0 Å². The summed E-state index contributed by atoms with van der Waals surface area (Å²) in [7, 11) is 1.92. The summed E-state index contributed by atoms with van der Waals surface area (Å²) in [4.78, 5) is 1.91. The van der Waals surface area contributed by atoms with E-state index in [-0.39, 0.29) is 0 Å². The quantitative estimate of drug-likeness (QED) is 0.268. The minimum atomic E-state index is 0.476. The predicted octanol–water partition coefficient (Wildman–Crippen LogP) is 1.15. The van der Waals surface area contributed by atoms with Crippen LogP contribution in [0.25, 0.3) is 0 Å². The van der Waals surface area contributed by atoms with Gasteiger partial charge in [0.1, 0.15) is 0 Å². The lowest BCUT2D eigenvalue weighted by molar-refractivity contribution is 0.461. The van der Waals surface area contributed by atoms with E-state index in [1.54, 1.807) is 0 Å². The number of rotatable bonds is 6. The van der Waals surface area contributed by atoms with Gasteiger partial charge in [-0.05, 0) is 33.2 Å². The van der Waals surface area contributed by atoms with Crippen molar-refractivity contribution in [1.29, 1.82) is 5.41 Å². The number of nitrogens with two attached hydrogens (primary N) is 1. The summed E-state index contributed by atoms with van der Waals surface area (Å²) in [6.45, 7) is 6.44. The van der Waals surface area contributed by atoms with Gasteiger partial charge < -0.3 is 16.0 Å². The summed E-state index contributed by atoms with van der Waals surface area (Å²) in [6, 6.07) is 0. The zero-order valence-electron chi connectivity index (χ0n) is 10.1. The van der Waals surface area contributed by atoms with Crippen LogP contribution in [0.5, 0.6) is 0 Å². The maximum absolute atomic E-state index is 7.73. The Bertz CT molecular complexity index is 207. The smallest absolute Gasteiger partial charge is 0.191 e. The van der Waals surface area contributed by atoms with Crippen LogP contribution < -0.4 is 11.1 Å². The highest BCUT2D eigenvalue weighted by molar-refractivity contribution is 5.76. The Balaban J connectivity index is 3.65. The number of hydrogen-bond donors (Lipinski definition) is 3. The van der Waals surface area contributed by atoms with E-state index in [1.165, 1.54) is 5.57 Å². The first-order valence-electron chi connectivity index (χ1n) is 5.45. The van der Waals surface area contributed by atoms with Crippen LogP contribution in [0.15, 0.2) is 11.6 Å². The normalized spacial score (nSPS) is 9.60. The number of hydrogen-bond acceptors (Lipinski definition) is 2. The average molecular weight is 212 g/mol. The summed E-state index contributed by atoms with van der Waals surface area (Å²) >= 11 is 0. The Morgan fingerprint density at radius 1 is 1.40 bits per heavy atom. The molecule has 0 saturated heterocycles. The lowest BCUT2D eigenvalue weighted by Crippen LogP contribution is -2.38. The molecule has 0 aliphatic heterocycles. The van der Waals surface area contributed by atoms with Gasteiger partial charge in [0.05, 0.1) is 0 Å². The Labute approximate surface area is 93.0 Å². The van der Waals surface area contributed by atoms with Crippen molar-refractivity contribution in [1.82, 2.24) is 10.2 Å². The van der Waals surface area contributed by atoms with Crippen molar-refractivity contribution < 1.29 is 0 Å². The molecule has 0 amide bonds. The van der Waals surface area contributed by atoms with Gasteiger partial charge in [-0.25, -0.2) is 0 Å². The third-order valence-electron chi connectivity index (χ3n) is 2.11. The fourth-order valence-corrected chi connectivity index (χ4v) is 1.09. The summed E-state index contributed by atoms with van der Waals surface area (Å²) < 4.78 is 0. The molecule has 0 aromatic carbocycles. The van der Waals surface area contributed by atoms with E-state index in [1.807, 2.05) is 11.9 Å². The average Bonchev–Trinajstić information content (AvgIpc) is 2.17. The molecule has 0 aromatic heterocycles. The fraction of sp³-hybridized carbons (Fsp3) is 0.727. The van der Waals surface area contributed by atoms with E-state index in [4.69, 9.17) is 11.1 Å². The van der Waals surface area contributed by atoms with Crippen LogP contribution in [0.4, 0.5) is 0 Å². The second-order valence-corrected chi connectivity index (χ2v) is 3.93. The zero-order chi connectivity index (χ0) is 11.7. The Morgan fingerprint density at radius 3 is 2.60 bits per heavy atom. The first kappa shape index (κ1) is 14.0. The third-order valence-corrected chi connectivity index (χ3v) is 2.11. The van der Waals surface area contributed by atoms with Crippen LogP contribution in [0, 0.1) is 5.41 Å². The molecule has 0 saturated carbocycles. The maximum Gasteiger partial charge on any atom is 0.191 e. The largest absolute Gasteiger partial charge is 0.353 e. The van der Waals surface area contributed by atoms with Crippen LogP contribution in [-0.2, 0) is 0 Å². The minimum absolute atomic E-state index is 0.476. The molecule has 0 aliphatic carbocycles. The highest BCUT2D eigenvalue weighted by atomic mass is 15.2. The van der Waals surface area contributed by atoms with E-state index in [0.29, 0.717) is 5.96 Å². The molecule has 0 bridgehead atoms. The molecule has 0 rings (SSSR count). The van der Waals surface area contributed by atoms with Crippen LogP contribution in [0.2, 0.25) is 0 Å². The van der Waals surface area contributed by atoms with E-state index in [0.717, 1.165) is 32.5 Å². The molecule has 4 N–H and O–H groups in total. The molecule has 0 heterocycles. The first-order chi connectivity index (χ1) is 7.07. The van der Waals surface area contributed by atoms with Gasteiger partial charge in [0.2, 0.25) is 0 Å². The monoisotopic (exact) mass is 212 g/mol. The Hall–Kier alpha value is -1.03. The Morgan fingerprint density at radius 2 is 2.07 bits per heavy atom. The van der Waals surface area contributed by atoms with Crippen LogP contribution in [-0.4, -0.2) is 37.5 Å². The van der Waals surface area contributed by atoms with E-state index in [9.17, 15) is 0 Å². The van der Waals surface area contributed by atoms with Crippen molar-refractivity contribution >= 4 is 5.96 Å². The van der Waals surface area contributed by atoms with Gasteiger partial charge in [-0.2, -0.15) is 0 Å². The van der Waals surface area contributed by atoms with E-state index >= 15 is 0 Å².